The predicted octanol–water partition coefficient (Wildman–Crippen LogP) is 1.21. The highest BCUT2D eigenvalue weighted by Crippen LogP contribution is 2.27. The van der Waals surface area contributed by atoms with Crippen LogP contribution in [0.5, 0.6) is 0 Å². The minimum absolute atomic E-state index is 0.300. The lowest BCUT2D eigenvalue weighted by atomic mass is 10.1. The second-order valence-corrected chi connectivity index (χ2v) is 5.97. The van der Waals surface area contributed by atoms with Crippen molar-refractivity contribution in [3.05, 3.63) is 23.3 Å². The van der Waals surface area contributed by atoms with Gasteiger partial charge in [-0.1, -0.05) is 4.47 Å². The van der Waals surface area contributed by atoms with Crippen LogP contribution in [0.4, 0.5) is 5.69 Å². The third kappa shape index (κ3) is 2.15. The average Bonchev–Trinajstić information content (AvgIpc) is 2.67. The molecule has 0 saturated carbocycles. The first-order chi connectivity index (χ1) is 7.93. The van der Waals surface area contributed by atoms with E-state index in [0.717, 1.165) is 10.9 Å². The number of nitrogen functional groups attached to an aromatic ring is 1. The van der Waals surface area contributed by atoms with Gasteiger partial charge in [-0.25, -0.2) is 8.42 Å². The van der Waals surface area contributed by atoms with Gasteiger partial charge in [-0.3, -0.25) is 4.84 Å². The van der Waals surface area contributed by atoms with E-state index in [2.05, 4.69) is 0 Å². The van der Waals surface area contributed by atoms with E-state index in [1.165, 1.54) is 0 Å². The zero-order valence-corrected chi connectivity index (χ0v) is 10.8. The summed E-state index contributed by atoms with van der Waals surface area (Å²) in [7, 11) is -3.56. The molecule has 94 valence electrons. The van der Waals surface area contributed by atoms with Crippen LogP contribution in [-0.4, -0.2) is 26.0 Å². The standard InChI is InChI=1S/C11H16N2O3S/c1-8-6-10(12)7-9(2)11(8)17(14,15)13-4-3-5-16-13/h6-7H,3-5,12H2,1-2H3. The lowest BCUT2D eigenvalue weighted by Gasteiger charge is -2.18. The quantitative estimate of drug-likeness (QED) is 0.807. The van der Waals surface area contributed by atoms with Gasteiger partial charge >= 0.3 is 0 Å². The Morgan fingerprint density at radius 3 is 2.35 bits per heavy atom. The van der Waals surface area contributed by atoms with Gasteiger partial charge in [0.2, 0.25) is 0 Å². The molecule has 1 aliphatic heterocycles. The third-order valence-electron chi connectivity index (χ3n) is 2.73. The molecule has 17 heavy (non-hydrogen) atoms. The Hall–Kier alpha value is -1.11. The molecule has 0 aromatic heterocycles. The number of nitrogens with two attached hydrogens (primary N) is 1. The van der Waals surface area contributed by atoms with Gasteiger partial charge in [-0.05, 0) is 43.5 Å². The number of sulfonamides is 1. The van der Waals surface area contributed by atoms with Gasteiger partial charge in [0.25, 0.3) is 10.0 Å². The van der Waals surface area contributed by atoms with Crippen LogP contribution >= 0.6 is 0 Å². The van der Waals surface area contributed by atoms with Crippen molar-refractivity contribution >= 4 is 15.7 Å². The first kappa shape index (κ1) is 12.3. The number of hydrogen-bond donors (Lipinski definition) is 1. The molecular weight excluding hydrogens is 240 g/mol. The summed E-state index contributed by atoms with van der Waals surface area (Å²) >= 11 is 0. The van der Waals surface area contributed by atoms with Crippen LogP contribution in [-0.2, 0) is 14.9 Å². The number of aryl methyl sites for hydroxylation is 2. The van der Waals surface area contributed by atoms with Crippen molar-refractivity contribution in [1.29, 1.82) is 0 Å². The van der Waals surface area contributed by atoms with Gasteiger partial charge in [0.1, 0.15) is 0 Å². The first-order valence-electron chi connectivity index (χ1n) is 5.45. The maximum Gasteiger partial charge on any atom is 0.265 e. The zero-order valence-electron chi connectivity index (χ0n) is 9.93. The Balaban J connectivity index is 2.53. The van der Waals surface area contributed by atoms with E-state index in [9.17, 15) is 8.42 Å². The van der Waals surface area contributed by atoms with Crippen molar-refractivity contribution in [3.8, 4) is 0 Å². The van der Waals surface area contributed by atoms with Crippen LogP contribution in [0.3, 0.4) is 0 Å². The van der Waals surface area contributed by atoms with E-state index >= 15 is 0 Å². The zero-order chi connectivity index (χ0) is 12.6. The summed E-state index contributed by atoms with van der Waals surface area (Å²) < 4.78 is 25.8. The van der Waals surface area contributed by atoms with Crippen LogP contribution in [0.25, 0.3) is 0 Å². The van der Waals surface area contributed by atoms with E-state index in [1.54, 1.807) is 26.0 Å². The number of benzene rings is 1. The fourth-order valence-electron chi connectivity index (χ4n) is 2.11. The van der Waals surface area contributed by atoms with Gasteiger partial charge in [-0.2, -0.15) is 0 Å². The molecule has 2 rings (SSSR count). The SMILES string of the molecule is Cc1cc(N)cc(C)c1S(=O)(=O)N1CCCO1. The summed E-state index contributed by atoms with van der Waals surface area (Å²) in [6.45, 7) is 4.34. The number of nitrogens with zero attached hydrogens (tertiary/aromatic N) is 1. The summed E-state index contributed by atoms with van der Waals surface area (Å²) in [6.07, 6.45) is 0.728. The van der Waals surface area contributed by atoms with Crippen LogP contribution < -0.4 is 5.73 Å². The minimum atomic E-state index is -3.56. The Morgan fingerprint density at radius 1 is 1.29 bits per heavy atom. The summed E-state index contributed by atoms with van der Waals surface area (Å²) in [5.74, 6) is 0. The Morgan fingerprint density at radius 2 is 1.88 bits per heavy atom. The first-order valence-corrected chi connectivity index (χ1v) is 6.89. The highest BCUT2D eigenvalue weighted by molar-refractivity contribution is 7.89. The van der Waals surface area contributed by atoms with Gasteiger partial charge in [0.05, 0.1) is 11.5 Å². The van der Waals surface area contributed by atoms with Crippen molar-refractivity contribution in [1.82, 2.24) is 4.47 Å². The van der Waals surface area contributed by atoms with Crippen LogP contribution in [0, 0.1) is 13.8 Å². The van der Waals surface area contributed by atoms with Gasteiger partial charge < -0.3 is 5.73 Å². The molecule has 0 amide bonds. The molecule has 1 aromatic carbocycles. The van der Waals surface area contributed by atoms with Crippen molar-refractivity contribution in [2.75, 3.05) is 18.9 Å². The minimum Gasteiger partial charge on any atom is -0.399 e. The Bertz CT molecular complexity index is 511. The van der Waals surface area contributed by atoms with Crippen molar-refractivity contribution < 1.29 is 13.3 Å². The number of hydroxylamine groups is 1. The summed E-state index contributed by atoms with van der Waals surface area (Å²) in [5.41, 5.74) is 7.56. The molecule has 1 heterocycles. The van der Waals surface area contributed by atoms with E-state index in [0.29, 0.717) is 34.9 Å². The maximum atomic E-state index is 12.3. The number of hydrogen-bond acceptors (Lipinski definition) is 4. The fraction of sp³-hybridized carbons (Fsp3) is 0.455. The van der Waals surface area contributed by atoms with Gasteiger partial charge in [-0.15, -0.1) is 0 Å². The lowest BCUT2D eigenvalue weighted by Crippen LogP contribution is -2.28. The molecule has 1 saturated heterocycles. The molecule has 5 nitrogen and oxygen atoms in total. The molecular formula is C11H16N2O3S. The highest BCUT2D eigenvalue weighted by atomic mass is 32.2. The average molecular weight is 256 g/mol. The molecule has 1 fully saturated rings. The van der Waals surface area contributed by atoms with Crippen LogP contribution in [0.15, 0.2) is 17.0 Å². The molecule has 0 radical (unpaired) electrons. The predicted molar refractivity (Wildman–Crippen MR) is 64.8 cm³/mol. The molecule has 1 aromatic rings. The maximum absolute atomic E-state index is 12.3. The van der Waals surface area contributed by atoms with Crippen LogP contribution in [0.1, 0.15) is 17.5 Å². The van der Waals surface area contributed by atoms with Gasteiger partial charge in [0, 0.05) is 12.2 Å². The highest BCUT2D eigenvalue weighted by Gasteiger charge is 2.31. The molecule has 0 atom stereocenters. The summed E-state index contributed by atoms with van der Waals surface area (Å²) in [5, 5.41) is 0. The number of anilines is 1. The van der Waals surface area contributed by atoms with Crippen molar-refractivity contribution in [3.63, 3.8) is 0 Å². The molecule has 0 bridgehead atoms. The normalized spacial score (nSPS) is 17.5. The van der Waals surface area contributed by atoms with E-state index in [-0.39, 0.29) is 0 Å². The van der Waals surface area contributed by atoms with Crippen molar-refractivity contribution in [2.24, 2.45) is 0 Å². The monoisotopic (exact) mass is 256 g/mol. The molecule has 0 aliphatic carbocycles. The topological polar surface area (TPSA) is 72.6 Å². The van der Waals surface area contributed by atoms with Crippen LogP contribution in [0.2, 0.25) is 0 Å². The van der Waals surface area contributed by atoms with E-state index in [1.807, 2.05) is 0 Å². The summed E-state index contributed by atoms with van der Waals surface area (Å²) in [4.78, 5) is 5.43. The Labute approximate surface area is 101 Å². The largest absolute Gasteiger partial charge is 0.399 e. The second-order valence-electron chi connectivity index (χ2n) is 4.20. The number of rotatable bonds is 2. The fourth-order valence-corrected chi connectivity index (χ4v) is 3.82. The molecule has 1 aliphatic rings. The molecule has 2 N–H and O–H groups in total. The van der Waals surface area contributed by atoms with Crippen molar-refractivity contribution in [2.45, 2.75) is 25.2 Å². The van der Waals surface area contributed by atoms with Gasteiger partial charge in [0.15, 0.2) is 0 Å². The molecule has 0 spiro atoms. The Kier molecular flexibility index (Phi) is 3.11. The third-order valence-corrected chi connectivity index (χ3v) is 4.71. The molecule has 0 unspecified atom stereocenters. The van der Waals surface area contributed by atoms with E-state index < -0.39 is 10.0 Å². The lowest BCUT2D eigenvalue weighted by molar-refractivity contribution is -0.0285. The summed E-state index contributed by atoms with van der Waals surface area (Å²) in [6, 6.07) is 3.33. The smallest absolute Gasteiger partial charge is 0.265 e. The molecule has 6 heteroatoms. The second kappa shape index (κ2) is 4.29. The van der Waals surface area contributed by atoms with E-state index in [4.69, 9.17) is 10.6 Å².